The lowest BCUT2D eigenvalue weighted by Gasteiger charge is -2.34. The first-order valence-electron chi connectivity index (χ1n) is 10.7. The van der Waals surface area contributed by atoms with Crippen molar-refractivity contribution in [1.29, 1.82) is 0 Å². The van der Waals surface area contributed by atoms with Crippen molar-refractivity contribution >= 4 is 28.7 Å². The lowest BCUT2D eigenvalue weighted by atomic mass is 9.93. The van der Waals surface area contributed by atoms with Gasteiger partial charge in [-0.15, -0.1) is 0 Å². The maximum atomic E-state index is 13.2. The van der Waals surface area contributed by atoms with E-state index >= 15 is 0 Å². The Labute approximate surface area is 182 Å². The highest BCUT2D eigenvalue weighted by molar-refractivity contribution is 6.01. The Morgan fingerprint density at radius 3 is 2.48 bits per heavy atom. The number of carboxylic acid groups (broad SMARTS) is 1. The molecule has 1 aromatic carbocycles. The number of nitrogens with zero attached hydrogens (tertiary/aromatic N) is 2. The van der Waals surface area contributed by atoms with Crippen molar-refractivity contribution in [2.45, 2.75) is 39.2 Å². The SMILES string of the molecule is CCC(C)C(NC(=O)c1cc2cc(OC)ccc2n1C)C(=O)N1CCC(C(=O)O)CC1. The number of carboxylic acids is 1. The quantitative estimate of drug-likeness (QED) is 0.705. The number of methoxy groups -OCH3 is 1. The Balaban J connectivity index is 1.79. The molecule has 1 aromatic heterocycles. The van der Waals surface area contributed by atoms with Crippen LogP contribution in [0.25, 0.3) is 10.9 Å². The molecule has 8 nitrogen and oxygen atoms in total. The van der Waals surface area contributed by atoms with Gasteiger partial charge in [-0.2, -0.15) is 0 Å². The minimum absolute atomic E-state index is 0.0524. The zero-order valence-electron chi connectivity index (χ0n) is 18.6. The van der Waals surface area contributed by atoms with Gasteiger partial charge in [0.1, 0.15) is 17.5 Å². The van der Waals surface area contributed by atoms with Crippen LogP contribution in [0.4, 0.5) is 0 Å². The second-order valence-electron chi connectivity index (χ2n) is 8.29. The number of aliphatic carboxylic acids is 1. The van der Waals surface area contributed by atoms with E-state index in [-0.39, 0.29) is 17.7 Å². The molecule has 1 aliphatic rings. The largest absolute Gasteiger partial charge is 0.497 e. The van der Waals surface area contributed by atoms with E-state index in [1.807, 2.05) is 39.1 Å². The molecule has 31 heavy (non-hydrogen) atoms. The van der Waals surface area contributed by atoms with Crippen LogP contribution in [-0.4, -0.2) is 58.6 Å². The highest BCUT2D eigenvalue weighted by Crippen LogP contribution is 2.25. The third-order valence-electron chi connectivity index (χ3n) is 6.40. The maximum absolute atomic E-state index is 13.2. The smallest absolute Gasteiger partial charge is 0.306 e. The van der Waals surface area contributed by atoms with Gasteiger partial charge < -0.3 is 24.6 Å². The Hall–Kier alpha value is -3.03. The van der Waals surface area contributed by atoms with E-state index in [1.54, 1.807) is 22.6 Å². The van der Waals surface area contributed by atoms with Crippen LogP contribution in [0.15, 0.2) is 24.3 Å². The van der Waals surface area contributed by atoms with Gasteiger partial charge in [0.15, 0.2) is 0 Å². The molecule has 0 saturated carbocycles. The average Bonchev–Trinajstić information content (AvgIpc) is 3.12. The molecule has 8 heteroatoms. The summed E-state index contributed by atoms with van der Waals surface area (Å²) in [6.07, 6.45) is 1.61. The first kappa shape index (κ1) is 22.7. The standard InChI is InChI=1S/C23H31N3O5/c1-5-14(2)20(22(28)26-10-8-15(9-11-26)23(29)30)24-21(27)19-13-16-12-17(31-4)6-7-18(16)25(19)3/h6-7,12-15,20H,5,8-11H2,1-4H3,(H,24,27)(H,29,30). The van der Waals surface area contributed by atoms with Gasteiger partial charge in [0.05, 0.1) is 13.0 Å². The lowest BCUT2D eigenvalue weighted by molar-refractivity contribution is -0.146. The van der Waals surface area contributed by atoms with Gasteiger partial charge in [-0.25, -0.2) is 0 Å². The number of ether oxygens (including phenoxy) is 1. The predicted molar refractivity (Wildman–Crippen MR) is 117 cm³/mol. The van der Waals surface area contributed by atoms with Gasteiger partial charge in [-0.1, -0.05) is 20.3 Å². The minimum atomic E-state index is -0.814. The molecule has 168 valence electrons. The molecular formula is C23H31N3O5. The Morgan fingerprint density at radius 1 is 1.23 bits per heavy atom. The summed E-state index contributed by atoms with van der Waals surface area (Å²) in [6.45, 7) is 4.72. The fraction of sp³-hybridized carbons (Fsp3) is 0.522. The highest BCUT2D eigenvalue weighted by Gasteiger charge is 2.34. The molecule has 2 N–H and O–H groups in total. The number of nitrogens with one attached hydrogen (secondary N) is 1. The Morgan fingerprint density at radius 2 is 1.90 bits per heavy atom. The first-order valence-corrected chi connectivity index (χ1v) is 10.7. The molecule has 0 aliphatic carbocycles. The number of rotatable bonds is 7. The number of amides is 2. The second kappa shape index (κ2) is 9.41. The molecule has 2 heterocycles. The molecule has 1 saturated heterocycles. The van der Waals surface area contributed by atoms with Gasteiger partial charge in [0, 0.05) is 31.0 Å². The molecule has 1 aliphatic heterocycles. The minimum Gasteiger partial charge on any atom is -0.497 e. The van der Waals surface area contributed by atoms with Crippen molar-refractivity contribution in [3.05, 3.63) is 30.0 Å². The number of carbonyl (C=O) groups excluding carboxylic acids is 2. The normalized spacial score (nSPS) is 16.7. The summed E-state index contributed by atoms with van der Waals surface area (Å²) < 4.78 is 7.07. The summed E-state index contributed by atoms with van der Waals surface area (Å²) in [5, 5.41) is 13.0. The van der Waals surface area contributed by atoms with Crippen LogP contribution in [0.2, 0.25) is 0 Å². The van der Waals surface area contributed by atoms with Crippen LogP contribution >= 0.6 is 0 Å². The van der Waals surface area contributed by atoms with Crippen LogP contribution in [0, 0.1) is 11.8 Å². The van der Waals surface area contributed by atoms with Crippen molar-refractivity contribution in [1.82, 2.24) is 14.8 Å². The molecule has 0 radical (unpaired) electrons. The number of fused-ring (bicyclic) bond motifs is 1. The van der Waals surface area contributed by atoms with E-state index < -0.39 is 17.9 Å². The van der Waals surface area contributed by atoms with E-state index in [0.29, 0.717) is 37.4 Å². The van der Waals surface area contributed by atoms with Gasteiger partial charge in [0.25, 0.3) is 5.91 Å². The Bertz CT molecular complexity index is 975. The predicted octanol–water partition coefficient (Wildman–Crippen LogP) is 2.65. The summed E-state index contributed by atoms with van der Waals surface area (Å²) in [6, 6.07) is 6.75. The summed E-state index contributed by atoms with van der Waals surface area (Å²) in [7, 11) is 3.42. The number of piperidine rings is 1. The zero-order chi connectivity index (χ0) is 22.7. The first-order chi connectivity index (χ1) is 14.8. The number of hydrogen-bond donors (Lipinski definition) is 2. The Kier molecular flexibility index (Phi) is 6.87. The summed E-state index contributed by atoms with van der Waals surface area (Å²) in [4.78, 5) is 39.2. The number of carbonyl (C=O) groups is 3. The van der Waals surface area contributed by atoms with Gasteiger partial charge >= 0.3 is 5.97 Å². The van der Waals surface area contributed by atoms with Gasteiger partial charge in [-0.05, 0) is 43.0 Å². The molecule has 0 bridgehead atoms. The molecule has 2 aromatic rings. The molecule has 2 amide bonds. The third kappa shape index (κ3) is 4.68. The summed E-state index contributed by atoms with van der Waals surface area (Å²) in [5.41, 5.74) is 1.36. The van der Waals surface area contributed by atoms with Crippen LogP contribution in [-0.2, 0) is 16.6 Å². The van der Waals surface area contributed by atoms with Gasteiger partial charge in [-0.3, -0.25) is 14.4 Å². The van der Waals surface area contributed by atoms with Crippen LogP contribution in [0.5, 0.6) is 5.75 Å². The molecule has 2 atom stereocenters. The monoisotopic (exact) mass is 429 g/mol. The van der Waals surface area contributed by atoms with Crippen molar-refractivity contribution in [2.24, 2.45) is 18.9 Å². The van der Waals surface area contributed by atoms with E-state index in [9.17, 15) is 19.5 Å². The van der Waals surface area contributed by atoms with E-state index in [0.717, 1.165) is 17.3 Å². The average molecular weight is 430 g/mol. The maximum Gasteiger partial charge on any atom is 0.306 e. The number of aromatic nitrogens is 1. The van der Waals surface area contributed by atoms with Crippen molar-refractivity contribution in [3.8, 4) is 5.75 Å². The fourth-order valence-corrected chi connectivity index (χ4v) is 4.11. The summed E-state index contributed by atoms with van der Waals surface area (Å²) >= 11 is 0. The van der Waals surface area contributed by atoms with E-state index in [2.05, 4.69) is 5.32 Å². The number of benzene rings is 1. The van der Waals surface area contributed by atoms with Crippen molar-refractivity contribution < 1.29 is 24.2 Å². The summed E-state index contributed by atoms with van der Waals surface area (Å²) in [5.74, 6) is -1.02. The molecule has 2 unspecified atom stereocenters. The van der Waals surface area contributed by atoms with E-state index in [1.165, 1.54) is 0 Å². The lowest BCUT2D eigenvalue weighted by Crippen LogP contribution is -2.53. The van der Waals surface area contributed by atoms with Gasteiger partial charge in [0.2, 0.25) is 5.91 Å². The van der Waals surface area contributed by atoms with Crippen molar-refractivity contribution in [3.63, 3.8) is 0 Å². The molecule has 3 rings (SSSR count). The van der Waals surface area contributed by atoms with Crippen LogP contribution in [0.1, 0.15) is 43.6 Å². The highest BCUT2D eigenvalue weighted by atomic mass is 16.5. The number of aryl methyl sites for hydroxylation is 1. The molecule has 1 fully saturated rings. The topological polar surface area (TPSA) is 101 Å². The van der Waals surface area contributed by atoms with Crippen molar-refractivity contribution in [2.75, 3.05) is 20.2 Å². The number of likely N-dealkylation sites (tertiary alicyclic amines) is 1. The number of hydrogen-bond acceptors (Lipinski definition) is 4. The molecular weight excluding hydrogens is 398 g/mol. The van der Waals surface area contributed by atoms with Crippen LogP contribution in [0.3, 0.4) is 0 Å². The second-order valence-corrected chi connectivity index (χ2v) is 8.29. The fourth-order valence-electron chi connectivity index (χ4n) is 4.11. The molecule has 0 spiro atoms. The van der Waals surface area contributed by atoms with Crippen LogP contribution < -0.4 is 10.1 Å². The van der Waals surface area contributed by atoms with E-state index in [4.69, 9.17) is 4.74 Å². The third-order valence-corrected chi connectivity index (χ3v) is 6.40. The zero-order valence-corrected chi connectivity index (χ0v) is 18.6.